The first kappa shape index (κ1) is 12.8. The molecular formula is C9H22N2O2. The summed E-state index contributed by atoms with van der Waals surface area (Å²) in [7, 11) is 0. The molecule has 0 aromatic carbocycles. The van der Waals surface area contributed by atoms with Crippen molar-refractivity contribution < 1.29 is 10.2 Å². The molecule has 0 fully saturated rings. The Morgan fingerprint density at radius 3 is 1.62 bits per heavy atom. The van der Waals surface area contributed by atoms with E-state index in [4.69, 9.17) is 0 Å². The molecule has 0 spiro atoms. The van der Waals surface area contributed by atoms with Crippen LogP contribution >= 0.6 is 0 Å². The summed E-state index contributed by atoms with van der Waals surface area (Å²) in [6.45, 7) is 5.73. The molecule has 80 valence electrons. The zero-order chi connectivity index (χ0) is 10.1. The smallest absolute Gasteiger partial charge is 0.0662 e. The second-order valence-electron chi connectivity index (χ2n) is 3.21. The third-order valence-electron chi connectivity index (χ3n) is 1.95. The van der Waals surface area contributed by atoms with Crippen LogP contribution in [0.1, 0.15) is 26.7 Å². The predicted molar refractivity (Wildman–Crippen MR) is 53.5 cm³/mol. The van der Waals surface area contributed by atoms with Crippen molar-refractivity contribution in [1.82, 2.24) is 10.6 Å². The van der Waals surface area contributed by atoms with Crippen LogP contribution < -0.4 is 10.6 Å². The quantitative estimate of drug-likeness (QED) is 0.312. The number of nitrogens with one attached hydrogen (secondary N) is 2. The van der Waals surface area contributed by atoms with Crippen LogP contribution in [0.25, 0.3) is 0 Å². The van der Waals surface area contributed by atoms with Gasteiger partial charge in [0, 0.05) is 19.8 Å². The van der Waals surface area contributed by atoms with Crippen LogP contribution in [0.5, 0.6) is 0 Å². The van der Waals surface area contributed by atoms with Crippen molar-refractivity contribution in [2.45, 2.75) is 38.9 Å². The van der Waals surface area contributed by atoms with E-state index in [1.54, 1.807) is 0 Å². The van der Waals surface area contributed by atoms with Gasteiger partial charge in [0.15, 0.2) is 0 Å². The molecule has 2 unspecified atom stereocenters. The Morgan fingerprint density at radius 2 is 1.31 bits per heavy atom. The third kappa shape index (κ3) is 8.18. The van der Waals surface area contributed by atoms with Crippen molar-refractivity contribution in [3.8, 4) is 0 Å². The maximum Gasteiger partial charge on any atom is 0.0662 e. The van der Waals surface area contributed by atoms with Crippen LogP contribution in [0.4, 0.5) is 0 Å². The Kier molecular flexibility index (Phi) is 8.33. The van der Waals surface area contributed by atoms with E-state index in [2.05, 4.69) is 10.6 Å². The Morgan fingerprint density at radius 1 is 0.923 bits per heavy atom. The van der Waals surface area contributed by atoms with E-state index in [1.165, 1.54) is 0 Å². The highest BCUT2D eigenvalue weighted by molar-refractivity contribution is 4.58. The summed E-state index contributed by atoms with van der Waals surface area (Å²) in [6.07, 6.45) is 1.01. The van der Waals surface area contributed by atoms with Crippen molar-refractivity contribution in [3.05, 3.63) is 0 Å². The van der Waals surface area contributed by atoms with E-state index in [0.29, 0.717) is 19.8 Å². The first-order chi connectivity index (χ1) is 6.20. The number of aliphatic hydroxyl groups excluding tert-OH is 2. The van der Waals surface area contributed by atoms with E-state index >= 15 is 0 Å². The molecule has 4 nitrogen and oxygen atoms in total. The Labute approximate surface area is 80.3 Å². The van der Waals surface area contributed by atoms with Crippen molar-refractivity contribution in [1.29, 1.82) is 0 Å². The van der Waals surface area contributed by atoms with Crippen LogP contribution in [0, 0.1) is 0 Å². The summed E-state index contributed by atoms with van der Waals surface area (Å²) in [5.41, 5.74) is 0. The lowest BCUT2D eigenvalue weighted by atomic mass is 10.3. The van der Waals surface area contributed by atoms with Crippen molar-refractivity contribution in [2.24, 2.45) is 0 Å². The molecule has 0 rings (SSSR count). The fraction of sp³-hybridized carbons (Fsp3) is 1.00. The first-order valence-electron chi connectivity index (χ1n) is 4.98. The monoisotopic (exact) mass is 190 g/mol. The minimum Gasteiger partial charge on any atom is -0.392 e. The molecule has 0 aromatic rings. The summed E-state index contributed by atoms with van der Waals surface area (Å²) in [5, 5.41) is 24.4. The Bertz CT molecular complexity index is 99.8. The molecule has 2 atom stereocenters. The molecule has 0 aliphatic heterocycles. The first-order valence-corrected chi connectivity index (χ1v) is 4.98. The molecular weight excluding hydrogens is 168 g/mol. The van der Waals surface area contributed by atoms with E-state index in [0.717, 1.165) is 12.8 Å². The van der Waals surface area contributed by atoms with Gasteiger partial charge in [0.25, 0.3) is 0 Å². The average Bonchev–Trinajstić information content (AvgIpc) is 2.16. The third-order valence-corrected chi connectivity index (χ3v) is 1.95. The summed E-state index contributed by atoms with van der Waals surface area (Å²) in [5.74, 6) is 0. The van der Waals surface area contributed by atoms with Crippen LogP contribution in [-0.2, 0) is 0 Å². The number of hydrogen-bond acceptors (Lipinski definition) is 4. The lowest BCUT2D eigenvalue weighted by Crippen LogP contribution is -2.37. The van der Waals surface area contributed by atoms with Gasteiger partial charge in [-0.15, -0.1) is 0 Å². The van der Waals surface area contributed by atoms with Gasteiger partial charge in [-0.1, -0.05) is 13.8 Å². The average molecular weight is 190 g/mol. The highest BCUT2D eigenvalue weighted by atomic mass is 16.3. The summed E-state index contributed by atoms with van der Waals surface area (Å²) in [6, 6.07) is 0. The molecule has 4 N–H and O–H groups in total. The maximum absolute atomic E-state index is 9.17. The van der Waals surface area contributed by atoms with E-state index in [-0.39, 0.29) is 12.2 Å². The zero-order valence-electron chi connectivity index (χ0n) is 8.58. The molecule has 0 saturated heterocycles. The van der Waals surface area contributed by atoms with E-state index in [9.17, 15) is 10.2 Å². The van der Waals surface area contributed by atoms with E-state index < -0.39 is 0 Å². The van der Waals surface area contributed by atoms with Crippen LogP contribution in [0.15, 0.2) is 0 Å². The second-order valence-corrected chi connectivity index (χ2v) is 3.21. The van der Waals surface area contributed by atoms with Crippen LogP contribution in [0.2, 0.25) is 0 Å². The lowest BCUT2D eigenvalue weighted by Gasteiger charge is -2.12. The van der Waals surface area contributed by atoms with Crippen LogP contribution in [-0.4, -0.2) is 42.2 Å². The Hall–Kier alpha value is -0.160. The number of aliphatic hydroxyl groups is 2. The standard InChI is InChI=1S/C9H22N2O2/c1-3-8(12)5-10-7-11-6-9(13)4-2/h8-13H,3-7H2,1-2H3. The minimum absolute atomic E-state index is 0.266. The molecule has 0 aromatic heterocycles. The normalized spacial score (nSPS) is 15.7. The fourth-order valence-corrected chi connectivity index (χ4v) is 0.855. The summed E-state index contributed by atoms with van der Waals surface area (Å²) < 4.78 is 0. The predicted octanol–water partition coefficient (Wildman–Crippen LogP) is -0.335. The number of rotatable bonds is 8. The summed E-state index contributed by atoms with van der Waals surface area (Å²) in [4.78, 5) is 0. The number of hydrogen-bond donors (Lipinski definition) is 4. The maximum atomic E-state index is 9.17. The van der Waals surface area contributed by atoms with Crippen molar-refractivity contribution in [3.63, 3.8) is 0 Å². The SMILES string of the molecule is CCC(O)CNCNCC(O)CC. The molecule has 0 heterocycles. The van der Waals surface area contributed by atoms with Gasteiger partial charge >= 0.3 is 0 Å². The lowest BCUT2D eigenvalue weighted by molar-refractivity contribution is 0.157. The van der Waals surface area contributed by atoms with E-state index in [1.807, 2.05) is 13.8 Å². The molecule has 4 heteroatoms. The fourth-order valence-electron chi connectivity index (χ4n) is 0.855. The molecule has 0 radical (unpaired) electrons. The van der Waals surface area contributed by atoms with Crippen molar-refractivity contribution in [2.75, 3.05) is 19.8 Å². The largest absolute Gasteiger partial charge is 0.392 e. The van der Waals surface area contributed by atoms with Crippen LogP contribution in [0.3, 0.4) is 0 Å². The van der Waals surface area contributed by atoms with Gasteiger partial charge in [0.1, 0.15) is 0 Å². The molecule has 0 aliphatic rings. The van der Waals surface area contributed by atoms with Gasteiger partial charge in [-0.2, -0.15) is 0 Å². The molecule has 0 saturated carbocycles. The molecule has 0 aliphatic carbocycles. The second kappa shape index (κ2) is 8.44. The molecule has 0 amide bonds. The molecule has 0 bridgehead atoms. The van der Waals surface area contributed by atoms with Gasteiger partial charge in [0.2, 0.25) is 0 Å². The van der Waals surface area contributed by atoms with Gasteiger partial charge in [-0.3, -0.25) is 0 Å². The van der Waals surface area contributed by atoms with Gasteiger partial charge in [-0.25, -0.2) is 0 Å². The van der Waals surface area contributed by atoms with Gasteiger partial charge in [-0.05, 0) is 12.8 Å². The van der Waals surface area contributed by atoms with Crippen molar-refractivity contribution >= 4 is 0 Å². The van der Waals surface area contributed by atoms with Gasteiger partial charge in [0.05, 0.1) is 12.2 Å². The minimum atomic E-state index is -0.266. The summed E-state index contributed by atoms with van der Waals surface area (Å²) >= 11 is 0. The molecule has 13 heavy (non-hydrogen) atoms. The highest BCUT2D eigenvalue weighted by Gasteiger charge is 2.00. The Balaban J connectivity index is 3.08. The topological polar surface area (TPSA) is 64.5 Å². The highest BCUT2D eigenvalue weighted by Crippen LogP contribution is 1.86. The van der Waals surface area contributed by atoms with Gasteiger partial charge < -0.3 is 20.8 Å². The zero-order valence-corrected chi connectivity index (χ0v) is 8.58.